The Morgan fingerprint density at radius 1 is 1.50 bits per heavy atom. The van der Waals surface area contributed by atoms with Crippen LogP contribution in [0.15, 0.2) is 22.8 Å². The monoisotopic (exact) mass is 281 g/mol. The summed E-state index contributed by atoms with van der Waals surface area (Å²) in [5.74, 6) is 1.29. The summed E-state index contributed by atoms with van der Waals surface area (Å²) in [4.78, 5) is 16.1. The molecule has 0 N–H and O–H groups in total. The summed E-state index contributed by atoms with van der Waals surface area (Å²) in [6, 6.07) is 3.98. The summed E-state index contributed by atoms with van der Waals surface area (Å²) in [6.07, 6.45) is 5.44. The number of nitrogens with zero attached hydrogens (tertiary/aromatic N) is 1. The molecule has 2 atom stereocenters. The number of carbonyl (C=O) groups excluding carboxylic acids is 1. The lowest BCUT2D eigenvalue weighted by Crippen LogP contribution is -2.25. The first kappa shape index (κ1) is 11.8. The number of Topliss-reactive ketones (excluding diaryl/α,β-unsaturated/α-hetero) is 1. The summed E-state index contributed by atoms with van der Waals surface area (Å²) in [7, 11) is 0. The van der Waals surface area contributed by atoms with E-state index >= 15 is 0 Å². The van der Waals surface area contributed by atoms with Crippen molar-refractivity contribution in [1.82, 2.24) is 4.98 Å². The van der Waals surface area contributed by atoms with Crippen LogP contribution < -0.4 is 0 Å². The largest absolute Gasteiger partial charge is 0.299 e. The highest BCUT2D eigenvalue weighted by Gasteiger charge is 2.26. The highest BCUT2D eigenvalue weighted by molar-refractivity contribution is 9.10. The van der Waals surface area contributed by atoms with Gasteiger partial charge >= 0.3 is 0 Å². The molecule has 1 heterocycles. The van der Waals surface area contributed by atoms with Crippen molar-refractivity contribution < 1.29 is 4.79 Å². The number of pyridine rings is 1. The second-order valence-corrected chi connectivity index (χ2v) is 5.63. The Balaban J connectivity index is 2.02. The van der Waals surface area contributed by atoms with E-state index in [0.717, 1.165) is 35.8 Å². The summed E-state index contributed by atoms with van der Waals surface area (Å²) in [5, 5.41) is 0. The lowest BCUT2D eigenvalue weighted by atomic mass is 9.79. The standard InChI is InChI=1S/C13H16BrNO/c1-9-2-5-13(16)10(6-9)7-12-4-3-11(14)8-15-12/h3-4,8-10H,2,5-7H2,1H3. The van der Waals surface area contributed by atoms with E-state index < -0.39 is 0 Å². The van der Waals surface area contributed by atoms with Gasteiger partial charge in [-0.2, -0.15) is 0 Å². The molecule has 0 spiro atoms. The Labute approximate surface area is 105 Å². The smallest absolute Gasteiger partial charge is 0.136 e. The molecule has 0 saturated heterocycles. The predicted molar refractivity (Wildman–Crippen MR) is 67.2 cm³/mol. The maximum Gasteiger partial charge on any atom is 0.136 e. The van der Waals surface area contributed by atoms with Gasteiger partial charge in [-0.3, -0.25) is 9.78 Å². The van der Waals surface area contributed by atoms with Crippen molar-refractivity contribution in [3.05, 3.63) is 28.5 Å². The van der Waals surface area contributed by atoms with Gasteiger partial charge in [0.05, 0.1) is 0 Å². The SMILES string of the molecule is CC1CCC(=O)C(Cc2ccc(Br)cn2)C1. The van der Waals surface area contributed by atoms with Crippen LogP contribution in [0.5, 0.6) is 0 Å². The number of rotatable bonds is 2. The number of carbonyl (C=O) groups is 1. The minimum Gasteiger partial charge on any atom is -0.299 e. The molecule has 0 amide bonds. The highest BCUT2D eigenvalue weighted by atomic mass is 79.9. The van der Waals surface area contributed by atoms with Crippen LogP contribution in [0, 0.1) is 11.8 Å². The number of aromatic nitrogens is 1. The van der Waals surface area contributed by atoms with Crippen LogP contribution in [0.25, 0.3) is 0 Å². The Morgan fingerprint density at radius 3 is 3.00 bits per heavy atom. The van der Waals surface area contributed by atoms with E-state index in [1.165, 1.54) is 0 Å². The third-order valence-corrected chi connectivity index (χ3v) is 3.74. The first-order valence-corrected chi connectivity index (χ1v) is 6.57. The Bertz CT molecular complexity index is 374. The zero-order chi connectivity index (χ0) is 11.5. The number of hydrogen-bond acceptors (Lipinski definition) is 2. The van der Waals surface area contributed by atoms with Gasteiger partial charge in [0.2, 0.25) is 0 Å². The fraction of sp³-hybridized carbons (Fsp3) is 0.538. The molecule has 1 aliphatic carbocycles. The average Bonchev–Trinajstić information content (AvgIpc) is 2.27. The maximum atomic E-state index is 11.8. The molecule has 2 unspecified atom stereocenters. The molecule has 1 aromatic heterocycles. The van der Waals surface area contributed by atoms with Crippen LogP contribution in [0.4, 0.5) is 0 Å². The number of hydrogen-bond donors (Lipinski definition) is 0. The quantitative estimate of drug-likeness (QED) is 0.832. The zero-order valence-electron chi connectivity index (χ0n) is 9.45. The van der Waals surface area contributed by atoms with Gasteiger partial charge in [0.25, 0.3) is 0 Å². The van der Waals surface area contributed by atoms with Gasteiger partial charge in [-0.1, -0.05) is 6.92 Å². The van der Waals surface area contributed by atoms with Gasteiger partial charge in [-0.25, -0.2) is 0 Å². The molecule has 1 fully saturated rings. The van der Waals surface area contributed by atoms with E-state index in [2.05, 4.69) is 27.8 Å². The first-order valence-electron chi connectivity index (χ1n) is 5.78. The Hall–Kier alpha value is -0.700. The van der Waals surface area contributed by atoms with Crippen molar-refractivity contribution in [3.8, 4) is 0 Å². The summed E-state index contributed by atoms with van der Waals surface area (Å²) < 4.78 is 0.986. The molecular formula is C13H16BrNO. The van der Waals surface area contributed by atoms with Crippen LogP contribution >= 0.6 is 15.9 Å². The van der Waals surface area contributed by atoms with Gasteiger partial charge in [0, 0.05) is 28.7 Å². The minimum absolute atomic E-state index is 0.192. The van der Waals surface area contributed by atoms with Crippen molar-refractivity contribution in [2.24, 2.45) is 11.8 Å². The second kappa shape index (κ2) is 5.09. The maximum absolute atomic E-state index is 11.8. The van der Waals surface area contributed by atoms with Crippen LogP contribution in [0.1, 0.15) is 31.9 Å². The van der Waals surface area contributed by atoms with Crippen LogP contribution in [0.3, 0.4) is 0 Å². The molecule has 1 aliphatic rings. The molecule has 16 heavy (non-hydrogen) atoms. The van der Waals surface area contributed by atoms with Gasteiger partial charge in [0.15, 0.2) is 0 Å². The third kappa shape index (κ3) is 2.91. The van der Waals surface area contributed by atoms with E-state index in [-0.39, 0.29) is 5.92 Å². The molecule has 0 aromatic carbocycles. The fourth-order valence-electron chi connectivity index (χ4n) is 2.30. The van der Waals surface area contributed by atoms with Gasteiger partial charge < -0.3 is 0 Å². The lowest BCUT2D eigenvalue weighted by molar-refractivity contribution is -0.125. The minimum atomic E-state index is 0.192. The van der Waals surface area contributed by atoms with E-state index in [9.17, 15) is 4.79 Å². The van der Waals surface area contributed by atoms with Gasteiger partial charge in [-0.05, 0) is 53.2 Å². The average molecular weight is 282 g/mol. The number of halogens is 1. The van der Waals surface area contributed by atoms with Crippen LogP contribution in [-0.4, -0.2) is 10.8 Å². The van der Waals surface area contributed by atoms with Crippen LogP contribution in [-0.2, 0) is 11.2 Å². The predicted octanol–water partition coefficient (Wildman–Crippen LogP) is 3.39. The van der Waals surface area contributed by atoms with E-state index in [4.69, 9.17) is 0 Å². The molecule has 1 aromatic rings. The van der Waals surface area contributed by atoms with Crippen molar-refractivity contribution in [1.29, 1.82) is 0 Å². The molecule has 0 aliphatic heterocycles. The van der Waals surface area contributed by atoms with Crippen molar-refractivity contribution in [3.63, 3.8) is 0 Å². The summed E-state index contributed by atoms with van der Waals surface area (Å²) >= 11 is 3.36. The number of ketones is 1. The lowest BCUT2D eigenvalue weighted by Gasteiger charge is -2.25. The van der Waals surface area contributed by atoms with Crippen molar-refractivity contribution in [2.45, 2.75) is 32.6 Å². The highest BCUT2D eigenvalue weighted by Crippen LogP contribution is 2.28. The molecule has 2 nitrogen and oxygen atoms in total. The van der Waals surface area contributed by atoms with Crippen molar-refractivity contribution in [2.75, 3.05) is 0 Å². The molecule has 3 heteroatoms. The van der Waals surface area contributed by atoms with Gasteiger partial charge in [0.1, 0.15) is 5.78 Å². The zero-order valence-corrected chi connectivity index (χ0v) is 11.0. The first-order chi connectivity index (χ1) is 7.65. The van der Waals surface area contributed by atoms with Crippen molar-refractivity contribution >= 4 is 21.7 Å². The normalized spacial score (nSPS) is 25.8. The molecule has 0 radical (unpaired) electrons. The second-order valence-electron chi connectivity index (χ2n) is 4.71. The van der Waals surface area contributed by atoms with E-state index in [0.29, 0.717) is 11.7 Å². The topological polar surface area (TPSA) is 30.0 Å². The molecular weight excluding hydrogens is 266 g/mol. The van der Waals surface area contributed by atoms with Gasteiger partial charge in [-0.15, -0.1) is 0 Å². The molecule has 1 saturated carbocycles. The summed E-state index contributed by atoms with van der Waals surface area (Å²) in [6.45, 7) is 2.23. The van der Waals surface area contributed by atoms with E-state index in [1.54, 1.807) is 6.20 Å². The Morgan fingerprint density at radius 2 is 2.31 bits per heavy atom. The van der Waals surface area contributed by atoms with Crippen LogP contribution in [0.2, 0.25) is 0 Å². The molecule has 2 rings (SSSR count). The summed E-state index contributed by atoms with van der Waals surface area (Å²) in [5.41, 5.74) is 1.02. The Kier molecular flexibility index (Phi) is 3.74. The fourth-order valence-corrected chi connectivity index (χ4v) is 2.54. The van der Waals surface area contributed by atoms with E-state index in [1.807, 2.05) is 12.1 Å². The third-order valence-electron chi connectivity index (χ3n) is 3.27. The molecule has 0 bridgehead atoms. The molecule has 86 valence electrons.